The molecule has 0 aliphatic heterocycles. The zero-order valence-corrected chi connectivity index (χ0v) is 11.0. The highest BCUT2D eigenvalue weighted by Crippen LogP contribution is 2.18. The average molecular weight is 247 g/mol. The van der Waals surface area contributed by atoms with E-state index in [0.717, 1.165) is 15.9 Å². The van der Waals surface area contributed by atoms with Gasteiger partial charge < -0.3 is 5.32 Å². The Morgan fingerprint density at radius 2 is 2.33 bits per heavy atom. The Balaban J connectivity index is 2.13. The van der Waals surface area contributed by atoms with Crippen LogP contribution in [0.5, 0.6) is 0 Å². The lowest BCUT2D eigenvalue weighted by molar-refractivity contribution is 0.486. The van der Waals surface area contributed by atoms with E-state index in [0.29, 0.717) is 6.04 Å². The van der Waals surface area contributed by atoms with E-state index in [1.165, 1.54) is 25.7 Å². The molecule has 1 unspecified atom stereocenters. The highest BCUT2D eigenvalue weighted by Gasteiger charge is 2.03. The van der Waals surface area contributed by atoms with Crippen LogP contribution in [-0.4, -0.2) is 11.0 Å². The van der Waals surface area contributed by atoms with Crippen molar-refractivity contribution >= 4 is 22.9 Å². The maximum absolute atomic E-state index is 5.81. The number of halogens is 1. The Labute approximate surface area is 101 Å². The van der Waals surface area contributed by atoms with Crippen molar-refractivity contribution in [1.29, 1.82) is 0 Å². The molecule has 0 saturated carbocycles. The number of hydrogen-bond acceptors (Lipinski definition) is 3. The summed E-state index contributed by atoms with van der Waals surface area (Å²) in [5, 5.41) is 4.53. The Kier molecular flexibility index (Phi) is 6.22. The second-order valence-electron chi connectivity index (χ2n) is 3.84. The first-order valence-corrected chi connectivity index (χ1v) is 6.75. The topological polar surface area (TPSA) is 24.9 Å². The molecule has 1 atom stereocenters. The fourth-order valence-electron chi connectivity index (χ4n) is 1.43. The van der Waals surface area contributed by atoms with Crippen molar-refractivity contribution in [3.05, 3.63) is 15.5 Å². The first-order valence-electron chi connectivity index (χ1n) is 5.56. The van der Waals surface area contributed by atoms with Crippen LogP contribution in [0.2, 0.25) is 4.34 Å². The lowest BCUT2D eigenvalue weighted by Gasteiger charge is -2.11. The molecule has 0 bridgehead atoms. The van der Waals surface area contributed by atoms with E-state index in [-0.39, 0.29) is 0 Å². The van der Waals surface area contributed by atoms with Gasteiger partial charge in [0.1, 0.15) is 9.34 Å². The van der Waals surface area contributed by atoms with Crippen LogP contribution in [0, 0.1) is 0 Å². The first kappa shape index (κ1) is 12.9. The average Bonchev–Trinajstić information content (AvgIpc) is 2.62. The largest absolute Gasteiger partial charge is 0.308 e. The maximum atomic E-state index is 5.81. The minimum Gasteiger partial charge on any atom is -0.308 e. The molecule has 2 nitrogen and oxygen atoms in total. The highest BCUT2D eigenvalue weighted by atomic mass is 35.5. The van der Waals surface area contributed by atoms with E-state index in [2.05, 4.69) is 24.1 Å². The quantitative estimate of drug-likeness (QED) is 0.740. The zero-order chi connectivity index (χ0) is 11.1. The molecule has 0 fully saturated rings. The normalized spacial score (nSPS) is 13.0. The number of unbranched alkanes of at least 4 members (excludes halogenated alkanes) is 2. The summed E-state index contributed by atoms with van der Waals surface area (Å²) < 4.78 is 0.769. The van der Waals surface area contributed by atoms with Crippen molar-refractivity contribution in [1.82, 2.24) is 10.3 Å². The lowest BCUT2D eigenvalue weighted by Crippen LogP contribution is -2.25. The zero-order valence-electron chi connectivity index (χ0n) is 9.42. The third-order valence-corrected chi connectivity index (χ3v) is 3.48. The van der Waals surface area contributed by atoms with Crippen LogP contribution in [0.25, 0.3) is 0 Å². The second kappa shape index (κ2) is 7.20. The molecule has 0 aromatic carbocycles. The molecule has 1 N–H and O–H groups in total. The van der Waals surface area contributed by atoms with Gasteiger partial charge in [-0.1, -0.05) is 37.8 Å². The molecule has 0 amide bonds. The fraction of sp³-hybridized carbons (Fsp3) is 0.727. The van der Waals surface area contributed by atoms with Gasteiger partial charge in [-0.05, 0) is 13.3 Å². The SMILES string of the molecule is CCCCCC(C)NCc1ncc(Cl)s1. The standard InChI is InChI=1S/C11H19ClN2S/c1-3-4-5-6-9(2)13-8-11-14-7-10(12)15-11/h7,9,13H,3-6,8H2,1-2H3. The van der Waals surface area contributed by atoms with Gasteiger partial charge in [0, 0.05) is 12.6 Å². The Bertz CT molecular complexity index is 275. The summed E-state index contributed by atoms with van der Waals surface area (Å²) in [7, 11) is 0. The number of nitrogens with one attached hydrogen (secondary N) is 1. The van der Waals surface area contributed by atoms with Crippen molar-refractivity contribution < 1.29 is 0 Å². The Morgan fingerprint density at radius 1 is 1.53 bits per heavy atom. The van der Waals surface area contributed by atoms with Gasteiger partial charge in [0.15, 0.2) is 0 Å². The van der Waals surface area contributed by atoms with E-state index >= 15 is 0 Å². The van der Waals surface area contributed by atoms with Gasteiger partial charge in [0.05, 0.1) is 6.20 Å². The molecule has 4 heteroatoms. The number of nitrogens with zero attached hydrogens (tertiary/aromatic N) is 1. The van der Waals surface area contributed by atoms with Crippen LogP contribution >= 0.6 is 22.9 Å². The summed E-state index contributed by atoms with van der Waals surface area (Å²) in [6.07, 6.45) is 6.88. The van der Waals surface area contributed by atoms with Crippen molar-refractivity contribution in [3.63, 3.8) is 0 Å². The number of thiazole rings is 1. The molecule has 1 rings (SSSR count). The molecule has 0 radical (unpaired) electrons. The molecular formula is C11H19ClN2S. The summed E-state index contributed by atoms with van der Waals surface area (Å²) >= 11 is 7.36. The van der Waals surface area contributed by atoms with Crippen LogP contribution in [-0.2, 0) is 6.54 Å². The third kappa shape index (κ3) is 5.50. The Hall–Kier alpha value is -0.120. The van der Waals surface area contributed by atoms with Gasteiger partial charge in [0.2, 0.25) is 0 Å². The molecule has 0 aliphatic carbocycles. The van der Waals surface area contributed by atoms with Crippen LogP contribution in [0.4, 0.5) is 0 Å². The van der Waals surface area contributed by atoms with Crippen LogP contribution in [0.3, 0.4) is 0 Å². The summed E-state index contributed by atoms with van der Waals surface area (Å²) in [5.41, 5.74) is 0. The molecule has 0 saturated heterocycles. The van der Waals surface area contributed by atoms with Gasteiger partial charge >= 0.3 is 0 Å². The molecule has 1 aromatic rings. The highest BCUT2D eigenvalue weighted by molar-refractivity contribution is 7.15. The number of aromatic nitrogens is 1. The van der Waals surface area contributed by atoms with E-state index in [1.54, 1.807) is 17.5 Å². The minimum absolute atomic E-state index is 0.569. The van der Waals surface area contributed by atoms with Crippen LogP contribution in [0.15, 0.2) is 6.20 Å². The molecular weight excluding hydrogens is 228 g/mol. The summed E-state index contributed by atoms with van der Waals surface area (Å²) in [4.78, 5) is 4.21. The molecule has 86 valence electrons. The predicted molar refractivity (Wildman–Crippen MR) is 67.6 cm³/mol. The summed E-state index contributed by atoms with van der Waals surface area (Å²) in [5.74, 6) is 0. The maximum Gasteiger partial charge on any atom is 0.113 e. The third-order valence-electron chi connectivity index (χ3n) is 2.37. The van der Waals surface area contributed by atoms with Crippen molar-refractivity contribution in [2.24, 2.45) is 0 Å². The molecule has 15 heavy (non-hydrogen) atoms. The van der Waals surface area contributed by atoms with E-state index < -0.39 is 0 Å². The van der Waals surface area contributed by atoms with Crippen molar-refractivity contribution in [2.45, 2.75) is 52.1 Å². The van der Waals surface area contributed by atoms with E-state index in [9.17, 15) is 0 Å². The van der Waals surface area contributed by atoms with E-state index in [1.807, 2.05) is 0 Å². The monoisotopic (exact) mass is 246 g/mol. The molecule has 1 heterocycles. The molecule has 1 aromatic heterocycles. The molecule has 0 aliphatic rings. The Morgan fingerprint density at radius 3 is 2.93 bits per heavy atom. The molecule has 0 spiro atoms. The summed E-state index contributed by atoms with van der Waals surface area (Å²) in [6, 6.07) is 0.569. The fourth-order valence-corrected chi connectivity index (χ4v) is 2.34. The smallest absolute Gasteiger partial charge is 0.113 e. The van der Waals surface area contributed by atoms with Crippen LogP contribution in [0.1, 0.15) is 44.5 Å². The summed E-state index contributed by atoms with van der Waals surface area (Å²) in [6.45, 7) is 5.30. The van der Waals surface area contributed by atoms with Crippen molar-refractivity contribution in [3.8, 4) is 0 Å². The van der Waals surface area contributed by atoms with Gasteiger partial charge in [-0.15, -0.1) is 11.3 Å². The number of rotatable bonds is 7. The van der Waals surface area contributed by atoms with Gasteiger partial charge in [-0.25, -0.2) is 4.98 Å². The first-order chi connectivity index (χ1) is 7.22. The van der Waals surface area contributed by atoms with Crippen LogP contribution < -0.4 is 5.32 Å². The number of hydrogen-bond donors (Lipinski definition) is 1. The van der Waals surface area contributed by atoms with E-state index in [4.69, 9.17) is 11.6 Å². The lowest BCUT2D eigenvalue weighted by atomic mass is 10.1. The van der Waals surface area contributed by atoms with Gasteiger partial charge in [-0.3, -0.25) is 0 Å². The minimum atomic E-state index is 0.569. The van der Waals surface area contributed by atoms with Gasteiger partial charge in [0.25, 0.3) is 0 Å². The van der Waals surface area contributed by atoms with Crippen molar-refractivity contribution in [2.75, 3.05) is 0 Å². The second-order valence-corrected chi connectivity index (χ2v) is 5.58. The predicted octanol–water partition coefficient (Wildman–Crippen LogP) is 3.85. The van der Waals surface area contributed by atoms with Gasteiger partial charge in [-0.2, -0.15) is 0 Å².